The Bertz CT molecular complexity index is 3170. The van der Waals surface area contributed by atoms with Crippen molar-refractivity contribution in [3.63, 3.8) is 0 Å². The van der Waals surface area contributed by atoms with E-state index in [0.717, 1.165) is 83.3 Å². The lowest BCUT2D eigenvalue weighted by atomic mass is 9.94. The summed E-state index contributed by atoms with van der Waals surface area (Å²) in [4.78, 5) is 13.0. The van der Waals surface area contributed by atoms with Gasteiger partial charge in [0.2, 0.25) is 0 Å². The van der Waals surface area contributed by atoms with Gasteiger partial charge in [0.25, 0.3) is 0 Å². The first-order valence-corrected chi connectivity index (χ1v) is 18.8. The topological polar surface area (TPSA) is 66.3 Å². The molecule has 0 radical (unpaired) electrons. The van der Waals surface area contributed by atoms with E-state index >= 15 is 0 Å². The monoisotopic (exact) mass is 708 g/mol. The molecule has 7 aromatic carbocycles. The highest BCUT2D eigenvalue weighted by atomic mass is 16.3. The lowest BCUT2D eigenvalue weighted by Gasteiger charge is -2.29. The predicted octanol–water partition coefficient (Wildman–Crippen LogP) is 11.9. The van der Waals surface area contributed by atoms with E-state index < -0.39 is 0 Å². The highest BCUT2D eigenvalue weighted by molar-refractivity contribution is 6.28. The molecule has 6 heteroatoms. The molecular weight excluding hydrogens is 677 g/mol. The molecule has 12 rings (SSSR count). The number of benzene rings is 7. The number of hydrogen-bond acceptors (Lipinski definition) is 6. The van der Waals surface area contributed by atoms with Crippen molar-refractivity contribution in [1.82, 2.24) is 5.32 Å². The summed E-state index contributed by atoms with van der Waals surface area (Å²) in [5.74, 6) is 2.55. The van der Waals surface area contributed by atoms with E-state index in [0.29, 0.717) is 5.84 Å². The minimum atomic E-state index is -0.344. The summed E-state index contributed by atoms with van der Waals surface area (Å²) in [5.41, 5.74) is 7.72. The Hall–Kier alpha value is -7.18. The lowest BCUT2D eigenvalue weighted by molar-refractivity contribution is 0.528. The molecule has 0 saturated heterocycles. The van der Waals surface area contributed by atoms with Crippen LogP contribution in [0.4, 0.5) is 11.4 Å². The number of furan rings is 2. The van der Waals surface area contributed by atoms with Gasteiger partial charge in [0.1, 0.15) is 34.5 Å². The van der Waals surface area contributed by atoms with E-state index in [1.165, 1.54) is 10.8 Å². The smallest absolute Gasteiger partial charge is 0.160 e. The van der Waals surface area contributed by atoms with Crippen molar-refractivity contribution >= 4 is 77.5 Å². The molecule has 2 aromatic heterocycles. The second-order valence-electron chi connectivity index (χ2n) is 14.5. The summed E-state index contributed by atoms with van der Waals surface area (Å²) >= 11 is 0. The molecule has 3 aliphatic rings. The standard InChI is InChI=1S/C49H32N4O2/c1-2-14-30(15-3-1)47-50-48(32-26-25-29-13-4-5-16-31(29)27-32)52-49(51-47)37-21-12-24-41-44(37)43-34-18-7-6-17-33(34)39(28-42(43)54-41)53-38-22-10-8-19-35(38)46-45(53)36-20-9-11-23-40(36)55-46/h1-28,35,38,48H,(H,50,51,52). The van der Waals surface area contributed by atoms with Crippen molar-refractivity contribution < 1.29 is 8.83 Å². The van der Waals surface area contributed by atoms with Crippen molar-refractivity contribution in [2.24, 2.45) is 9.98 Å². The van der Waals surface area contributed by atoms with Crippen LogP contribution in [0.1, 0.15) is 34.5 Å². The number of fused-ring (bicyclic) bond motifs is 11. The van der Waals surface area contributed by atoms with Crippen LogP contribution in [0.15, 0.2) is 189 Å². The Kier molecular flexibility index (Phi) is 6.42. The van der Waals surface area contributed by atoms with Gasteiger partial charge in [-0.05, 0) is 46.0 Å². The van der Waals surface area contributed by atoms with Crippen LogP contribution >= 0.6 is 0 Å². The summed E-state index contributed by atoms with van der Waals surface area (Å²) < 4.78 is 13.4. The highest BCUT2D eigenvalue weighted by Gasteiger charge is 2.43. The highest BCUT2D eigenvalue weighted by Crippen LogP contribution is 2.54. The van der Waals surface area contributed by atoms with Crippen molar-refractivity contribution in [1.29, 1.82) is 0 Å². The average Bonchev–Trinajstić information content (AvgIpc) is 3.92. The number of para-hydroxylation sites is 1. The maximum atomic E-state index is 6.86. The largest absolute Gasteiger partial charge is 0.458 e. The molecule has 2 aliphatic heterocycles. The molecule has 0 bridgehead atoms. The maximum absolute atomic E-state index is 6.86. The van der Waals surface area contributed by atoms with Gasteiger partial charge in [-0.15, -0.1) is 0 Å². The summed E-state index contributed by atoms with van der Waals surface area (Å²) in [6, 6.07) is 50.8. The van der Waals surface area contributed by atoms with E-state index in [4.69, 9.17) is 18.8 Å². The van der Waals surface area contributed by atoms with Crippen LogP contribution < -0.4 is 10.2 Å². The Labute approximate surface area is 316 Å². The maximum Gasteiger partial charge on any atom is 0.160 e. The SMILES string of the molecule is C1=CC2c3oc4ccccc4c3N(c3cc4oc5cccc(C6=NC(c7ccc8ccccc8c7)NC(c7ccccc7)=N6)c5c4c4ccccc34)C2C=C1. The number of rotatable bonds is 4. The zero-order chi connectivity index (χ0) is 36.0. The average molecular weight is 709 g/mol. The fraction of sp³-hybridized carbons (Fsp3) is 0.0612. The van der Waals surface area contributed by atoms with Gasteiger partial charge < -0.3 is 19.1 Å². The number of nitrogens with zero attached hydrogens (tertiary/aromatic N) is 3. The van der Waals surface area contributed by atoms with Gasteiger partial charge in [0.15, 0.2) is 5.84 Å². The number of anilines is 2. The third-order valence-electron chi connectivity index (χ3n) is 11.4. The van der Waals surface area contributed by atoms with Crippen LogP contribution in [0.5, 0.6) is 0 Å². The van der Waals surface area contributed by atoms with Crippen LogP contribution in [-0.2, 0) is 0 Å². The molecular formula is C49H32N4O2. The van der Waals surface area contributed by atoms with E-state index in [-0.39, 0.29) is 18.1 Å². The Morgan fingerprint density at radius 3 is 2.25 bits per heavy atom. The fourth-order valence-electron chi connectivity index (χ4n) is 8.95. The number of nitrogens with one attached hydrogen (secondary N) is 1. The fourth-order valence-corrected chi connectivity index (χ4v) is 8.95. The molecule has 3 unspecified atom stereocenters. The first kappa shape index (κ1) is 30.3. The first-order chi connectivity index (χ1) is 27.3. The van der Waals surface area contributed by atoms with Crippen LogP contribution in [0.2, 0.25) is 0 Å². The van der Waals surface area contributed by atoms with E-state index in [9.17, 15) is 0 Å². The number of amidine groups is 2. The number of allylic oxidation sites excluding steroid dienone is 2. The Balaban J connectivity index is 1.08. The molecule has 55 heavy (non-hydrogen) atoms. The van der Waals surface area contributed by atoms with Crippen LogP contribution in [0.3, 0.4) is 0 Å². The van der Waals surface area contributed by atoms with Crippen LogP contribution in [0.25, 0.3) is 54.5 Å². The molecule has 0 saturated carbocycles. The minimum Gasteiger partial charge on any atom is -0.458 e. The van der Waals surface area contributed by atoms with Gasteiger partial charge in [-0.3, -0.25) is 0 Å². The van der Waals surface area contributed by atoms with Gasteiger partial charge in [-0.2, -0.15) is 0 Å². The molecule has 9 aromatic rings. The zero-order valence-corrected chi connectivity index (χ0v) is 29.6. The van der Waals surface area contributed by atoms with Gasteiger partial charge >= 0.3 is 0 Å². The molecule has 0 fully saturated rings. The van der Waals surface area contributed by atoms with Crippen molar-refractivity contribution in [2.45, 2.75) is 18.1 Å². The predicted molar refractivity (Wildman–Crippen MR) is 224 cm³/mol. The summed E-state index contributed by atoms with van der Waals surface area (Å²) in [6.07, 6.45) is 8.47. The zero-order valence-electron chi connectivity index (χ0n) is 29.6. The summed E-state index contributed by atoms with van der Waals surface area (Å²) in [6.45, 7) is 0. The molecule has 1 N–H and O–H groups in total. The van der Waals surface area contributed by atoms with Crippen LogP contribution in [-0.4, -0.2) is 17.7 Å². The number of aliphatic imine (C=N–C) groups is 2. The summed E-state index contributed by atoms with van der Waals surface area (Å²) in [7, 11) is 0. The minimum absolute atomic E-state index is 0.0750. The van der Waals surface area contributed by atoms with Crippen molar-refractivity contribution in [2.75, 3.05) is 4.90 Å². The van der Waals surface area contributed by atoms with Crippen molar-refractivity contribution in [3.05, 3.63) is 192 Å². The van der Waals surface area contributed by atoms with E-state index in [2.05, 4.69) is 150 Å². The summed E-state index contributed by atoms with van der Waals surface area (Å²) in [5, 5.41) is 11.4. The van der Waals surface area contributed by atoms with Crippen molar-refractivity contribution in [3.8, 4) is 0 Å². The normalized spacial score (nSPS) is 18.9. The third kappa shape index (κ3) is 4.55. The molecule has 260 valence electrons. The molecule has 3 atom stereocenters. The molecule has 0 amide bonds. The molecule has 0 spiro atoms. The van der Waals surface area contributed by atoms with Gasteiger partial charge in [0, 0.05) is 38.7 Å². The van der Waals surface area contributed by atoms with E-state index in [1.807, 2.05) is 30.3 Å². The number of hydrogen-bond donors (Lipinski definition) is 1. The second-order valence-corrected chi connectivity index (χ2v) is 14.5. The van der Waals surface area contributed by atoms with Crippen LogP contribution in [0, 0.1) is 0 Å². The third-order valence-corrected chi connectivity index (χ3v) is 11.4. The van der Waals surface area contributed by atoms with Gasteiger partial charge in [0.05, 0.1) is 23.3 Å². The molecule has 4 heterocycles. The Morgan fingerprint density at radius 1 is 0.582 bits per heavy atom. The molecule has 6 nitrogen and oxygen atoms in total. The van der Waals surface area contributed by atoms with Gasteiger partial charge in [-0.1, -0.05) is 140 Å². The second kappa shape index (κ2) is 11.7. The molecule has 1 aliphatic carbocycles. The first-order valence-electron chi connectivity index (χ1n) is 18.8. The van der Waals surface area contributed by atoms with E-state index in [1.54, 1.807) is 0 Å². The quantitative estimate of drug-likeness (QED) is 0.198. The Morgan fingerprint density at radius 2 is 1.35 bits per heavy atom. The van der Waals surface area contributed by atoms with Gasteiger partial charge in [-0.25, -0.2) is 9.98 Å². The lowest BCUT2D eigenvalue weighted by Crippen LogP contribution is -2.33.